The average molecular weight is 167 g/mol. The van der Waals surface area contributed by atoms with Crippen molar-refractivity contribution >= 4 is 0 Å². The Kier molecular flexibility index (Phi) is 3.56. The molecule has 0 amide bonds. The maximum Gasteiger partial charge on any atom is 0.0170 e. The van der Waals surface area contributed by atoms with Gasteiger partial charge in [-0.1, -0.05) is 39.8 Å². The zero-order valence-corrected chi connectivity index (χ0v) is 8.99. The highest BCUT2D eigenvalue weighted by atomic mass is 14.6. The van der Waals surface area contributed by atoms with E-state index in [0.717, 1.165) is 17.7 Å². The second-order valence-electron chi connectivity index (χ2n) is 4.28. The van der Waals surface area contributed by atoms with Gasteiger partial charge in [-0.15, -0.1) is 0 Å². The van der Waals surface area contributed by atoms with Crippen LogP contribution in [0.4, 0.5) is 0 Å². The third kappa shape index (κ3) is 2.72. The Morgan fingerprint density at radius 2 is 1.75 bits per heavy atom. The van der Waals surface area contributed by atoms with Crippen LogP contribution < -0.4 is 5.73 Å². The number of hydrogen-bond donors (Lipinski definition) is 1. The van der Waals surface area contributed by atoms with Crippen molar-refractivity contribution < 1.29 is 0 Å². The molecule has 2 N–H and O–H groups in total. The highest BCUT2D eigenvalue weighted by molar-refractivity contribution is 5.32. The SMILES string of the molecule is C=C(C)/C(CC)=C(\N)C(C)(C)C. The summed E-state index contributed by atoms with van der Waals surface area (Å²) in [6.07, 6.45) is 0.971. The van der Waals surface area contributed by atoms with Gasteiger partial charge in [-0.05, 0) is 18.9 Å². The van der Waals surface area contributed by atoms with Gasteiger partial charge < -0.3 is 5.73 Å². The van der Waals surface area contributed by atoms with Crippen LogP contribution in [0.2, 0.25) is 0 Å². The molecule has 0 aromatic heterocycles. The van der Waals surface area contributed by atoms with Crippen LogP contribution in [0, 0.1) is 5.41 Å². The molecule has 0 saturated carbocycles. The van der Waals surface area contributed by atoms with Crippen LogP contribution in [0.15, 0.2) is 23.4 Å². The number of hydrogen-bond acceptors (Lipinski definition) is 1. The summed E-state index contributed by atoms with van der Waals surface area (Å²) in [6.45, 7) is 14.4. The lowest BCUT2D eigenvalue weighted by molar-refractivity contribution is 0.490. The van der Waals surface area contributed by atoms with Crippen LogP contribution in [0.1, 0.15) is 41.0 Å². The molecule has 0 rings (SSSR count). The van der Waals surface area contributed by atoms with E-state index in [9.17, 15) is 0 Å². The number of rotatable bonds is 2. The lowest BCUT2D eigenvalue weighted by Crippen LogP contribution is -2.19. The minimum Gasteiger partial charge on any atom is -0.401 e. The Balaban J connectivity index is 4.99. The smallest absolute Gasteiger partial charge is 0.0170 e. The Morgan fingerprint density at radius 1 is 1.33 bits per heavy atom. The molecule has 0 aliphatic carbocycles. The molecule has 0 aliphatic rings. The van der Waals surface area contributed by atoms with Gasteiger partial charge in [0.25, 0.3) is 0 Å². The summed E-state index contributed by atoms with van der Waals surface area (Å²) in [5.74, 6) is 0. The van der Waals surface area contributed by atoms with Crippen LogP contribution in [-0.2, 0) is 0 Å². The van der Waals surface area contributed by atoms with Crippen LogP contribution in [0.3, 0.4) is 0 Å². The quantitative estimate of drug-likeness (QED) is 0.628. The lowest BCUT2D eigenvalue weighted by atomic mass is 9.86. The maximum absolute atomic E-state index is 6.03. The Bertz CT molecular complexity index is 204. The first-order valence-electron chi connectivity index (χ1n) is 4.45. The molecule has 12 heavy (non-hydrogen) atoms. The summed E-state index contributed by atoms with van der Waals surface area (Å²) in [6, 6.07) is 0. The molecule has 0 aromatic carbocycles. The minimum absolute atomic E-state index is 0.0598. The summed E-state index contributed by atoms with van der Waals surface area (Å²) in [5, 5.41) is 0. The number of nitrogens with two attached hydrogens (primary N) is 1. The van der Waals surface area contributed by atoms with Crippen molar-refractivity contribution in [2.75, 3.05) is 0 Å². The molecule has 0 radical (unpaired) electrons. The first-order chi connectivity index (χ1) is 5.30. The average Bonchev–Trinajstić information content (AvgIpc) is 1.86. The van der Waals surface area contributed by atoms with Gasteiger partial charge in [0.2, 0.25) is 0 Å². The third-order valence-electron chi connectivity index (χ3n) is 2.00. The monoisotopic (exact) mass is 167 g/mol. The van der Waals surface area contributed by atoms with Gasteiger partial charge in [0, 0.05) is 11.1 Å². The van der Waals surface area contributed by atoms with Crippen LogP contribution in [0.5, 0.6) is 0 Å². The molecular formula is C11H21N. The van der Waals surface area contributed by atoms with Gasteiger partial charge in [0.15, 0.2) is 0 Å². The van der Waals surface area contributed by atoms with Gasteiger partial charge in [-0.3, -0.25) is 0 Å². The van der Waals surface area contributed by atoms with E-state index in [-0.39, 0.29) is 5.41 Å². The van der Waals surface area contributed by atoms with Gasteiger partial charge in [-0.25, -0.2) is 0 Å². The predicted molar refractivity (Wildman–Crippen MR) is 55.8 cm³/mol. The Hall–Kier alpha value is -0.720. The van der Waals surface area contributed by atoms with Gasteiger partial charge in [-0.2, -0.15) is 0 Å². The summed E-state index contributed by atoms with van der Waals surface area (Å²) in [5.41, 5.74) is 9.35. The molecule has 1 nitrogen and oxygen atoms in total. The first kappa shape index (κ1) is 11.3. The molecule has 0 atom stereocenters. The van der Waals surface area contributed by atoms with Crippen LogP contribution in [-0.4, -0.2) is 0 Å². The van der Waals surface area contributed by atoms with Crippen molar-refractivity contribution in [3.8, 4) is 0 Å². The summed E-state index contributed by atoms with van der Waals surface area (Å²) < 4.78 is 0. The van der Waals surface area contributed by atoms with Crippen molar-refractivity contribution in [1.82, 2.24) is 0 Å². The van der Waals surface area contributed by atoms with Crippen molar-refractivity contribution in [3.05, 3.63) is 23.4 Å². The third-order valence-corrected chi connectivity index (χ3v) is 2.00. The van der Waals surface area contributed by atoms with Crippen molar-refractivity contribution in [2.45, 2.75) is 41.0 Å². The molecule has 0 unspecified atom stereocenters. The van der Waals surface area contributed by atoms with Gasteiger partial charge in [0.1, 0.15) is 0 Å². The topological polar surface area (TPSA) is 26.0 Å². The molecule has 0 bridgehead atoms. The maximum atomic E-state index is 6.03. The van der Waals surface area contributed by atoms with Crippen molar-refractivity contribution in [3.63, 3.8) is 0 Å². The molecule has 0 fully saturated rings. The van der Waals surface area contributed by atoms with E-state index in [0.29, 0.717) is 0 Å². The van der Waals surface area contributed by atoms with E-state index in [1.165, 1.54) is 5.57 Å². The van der Waals surface area contributed by atoms with E-state index < -0.39 is 0 Å². The molecule has 70 valence electrons. The highest BCUT2D eigenvalue weighted by Gasteiger charge is 2.17. The Morgan fingerprint density at radius 3 is 1.83 bits per heavy atom. The van der Waals surface area contributed by atoms with Crippen LogP contribution >= 0.6 is 0 Å². The minimum atomic E-state index is 0.0598. The molecule has 0 aromatic rings. The Labute approximate surface area is 76.3 Å². The second-order valence-corrected chi connectivity index (χ2v) is 4.28. The van der Waals surface area contributed by atoms with Crippen molar-refractivity contribution in [1.29, 1.82) is 0 Å². The molecule has 0 aliphatic heterocycles. The van der Waals surface area contributed by atoms with Gasteiger partial charge >= 0.3 is 0 Å². The first-order valence-corrected chi connectivity index (χ1v) is 4.45. The zero-order valence-electron chi connectivity index (χ0n) is 8.99. The van der Waals surface area contributed by atoms with E-state index in [2.05, 4.69) is 34.3 Å². The molecule has 0 heterocycles. The molecular weight excluding hydrogens is 146 g/mol. The summed E-state index contributed by atoms with van der Waals surface area (Å²) in [4.78, 5) is 0. The zero-order chi connectivity index (χ0) is 9.94. The lowest BCUT2D eigenvalue weighted by Gasteiger charge is -2.23. The fourth-order valence-corrected chi connectivity index (χ4v) is 1.17. The highest BCUT2D eigenvalue weighted by Crippen LogP contribution is 2.27. The molecule has 0 spiro atoms. The van der Waals surface area contributed by atoms with E-state index in [1.54, 1.807) is 0 Å². The summed E-state index contributed by atoms with van der Waals surface area (Å²) >= 11 is 0. The summed E-state index contributed by atoms with van der Waals surface area (Å²) in [7, 11) is 0. The van der Waals surface area contributed by atoms with Gasteiger partial charge in [0.05, 0.1) is 0 Å². The van der Waals surface area contributed by atoms with E-state index in [4.69, 9.17) is 5.73 Å². The van der Waals surface area contributed by atoms with Crippen LogP contribution in [0.25, 0.3) is 0 Å². The predicted octanol–water partition coefficient (Wildman–Crippen LogP) is 3.23. The van der Waals surface area contributed by atoms with E-state index in [1.807, 2.05) is 6.92 Å². The molecule has 0 saturated heterocycles. The van der Waals surface area contributed by atoms with E-state index >= 15 is 0 Å². The number of allylic oxidation sites excluding steroid dienone is 3. The second kappa shape index (κ2) is 3.79. The molecule has 1 heteroatoms. The normalized spacial score (nSPS) is 14.1. The largest absolute Gasteiger partial charge is 0.401 e. The standard InChI is InChI=1S/C11H21N/c1-7-9(8(2)3)10(12)11(4,5)6/h2,7,12H2,1,3-6H3/b10-9-. The fraction of sp³-hybridized carbons (Fsp3) is 0.636. The fourth-order valence-electron chi connectivity index (χ4n) is 1.17. The van der Waals surface area contributed by atoms with Crippen molar-refractivity contribution in [2.24, 2.45) is 11.1 Å².